The summed E-state index contributed by atoms with van der Waals surface area (Å²) in [6.07, 6.45) is 70.8. The molecule has 0 amide bonds. The first kappa shape index (κ1) is 51.5. The molecule has 0 saturated heterocycles. The fourth-order valence-corrected chi connectivity index (χ4v) is 5.30. The number of carbonyl (C=O) groups excluding carboxylic acids is 1. The Morgan fingerprint density at radius 3 is 1.15 bits per heavy atom. The van der Waals surface area contributed by atoms with Crippen LogP contribution in [0.1, 0.15) is 155 Å². The third-order valence-electron chi connectivity index (χ3n) is 8.47. The van der Waals surface area contributed by atoms with Crippen molar-refractivity contribution in [3.8, 4) is 0 Å². The van der Waals surface area contributed by atoms with E-state index < -0.39 is 6.10 Å². The summed E-state index contributed by atoms with van der Waals surface area (Å²) in [7, 11) is 0. The Morgan fingerprint density at radius 2 is 0.764 bits per heavy atom. The van der Waals surface area contributed by atoms with Gasteiger partial charge in [0.05, 0.1) is 13.2 Å². The van der Waals surface area contributed by atoms with E-state index >= 15 is 0 Å². The minimum Gasteiger partial charge on any atom is -0.457 e. The minimum absolute atomic E-state index is 0.204. The van der Waals surface area contributed by atoms with Gasteiger partial charge in [-0.25, -0.2) is 0 Å². The predicted molar refractivity (Wildman–Crippen MR) is 241 cm³/mol. The average molecular weight is 757 g/mol. The molecule has 0 aromatic heterocycles. The number of aliphatic hydroxyl groups excluding tert-OH is 1. The molecular formula is C51H80O4. The van der Waals surface area contributed by atoms with E-state index in [0.717, 1.165) is 116 Å². The summed E-state index contributed by atoms with van der Waals surface area (Å²) < 4.78 is 11.1. The molecule has 1 N–H and O–H groups in total. The van der Waals surface area contributed by atoms with E-state index in [4.69, 9.17) is 9.47 Å². The second kappa shape index (κ2) is 46.7. The molecule has 0 aliphatic heterocycles. The van der Waals surface area contributed by atoms with Crippen molar-refractivity contribution in [3.63, 3.8) is 0 Å². The van der Waals surface area contributed by atoms with Crippen LogP contribution in [0.2, 0.25) is 0 Å². The number of ether oxygens (including phenoxy) is 2. The largest absolute Gasteiger partial charge is 0.457 e. The molecule has 1 atom stereocenters. The first-order valence-corrected chi connectivity index (χ1v) is 21.8. The third-order valence-corrected chi connectivity index (χ3v) is 8.47. The maximum Gasteiger partial charge on any atom is 0.306 e. The molecular weight excluding hydrogens is 677 g/mol. The molecule has 0 aliphatic rings. The van der Waals surface area contributed by atoms with Crippen LogP contribution >= 0.6 is 0 Å². The SMILES string of the molecule is CC/C=C\C/C=C\C/C=C\C/C=C\C/C=C\C/C=C\CCCCCCCOCC(CO)OC(=O)CCCCC/C=C\C/C=C\C/C=C\C/C=C\C/C=C\CC. The molecule has 4 heteroatoms. The lowest BCUT2D eigenvalue weighted by molar-refractivity contribution is -0.154. The molecule has 55 heavy (non-hydrogen) atoms. The number of hydrogen-bond donors (Lipinski definition) is 1. The number of carbonyl (C=O) groups is 1. The molecule has 0 heterocycles. The van der Waals surface area contributed by atoms with Gasteiger partial charge in [0, 0.05) is 13.0 Å². The smallest absolute Gasteiger partial charge is 0.306 e. The van der Waals surface area contributed by atoms with Crippen molar-refractivity contribution in [1.82, 2.24) is 0 Å². The quantitative estimate of drug-likeness (QED) is 0.0387. The molecule has 308 valence electrons. The monoisotopic (exact) mass is 757 g/mol. The molecule has 0 aromatic carbocycles. The van der Waals surface area contributed by atoms with Crippen molar-refractivity contribution >= 4 is 5.97 Å². The van der Waals surface area contributed by atoms with Crippen LogP contribution in [0.25, 0.3) is 0 Å². The summed E-state index contributed by atoms with van der Waals surface area (Å²) in [5.74, 6) is -0.246. The third kappa shape index (κ3) is 44.8. The van der Waals surface area contributed by atoms with Gasteiger partial charge in [0.1, 0.15) is 6.10 Å². The Bertz CT molecular complexity index is 1160. The highest BCUT2D eigenvalue weighted by Crippen LogP contribution is 2.09. The van der Waals surface area contributed by atoms with Gasteiger partial charge in [-0.1, -0.05) is 173 Å². The van der Waals surface area contributed by atoms with Gasteiger partial charge in [-0.2, -0.15) is 0 Å². The second-order valence-electron chi connectivity index (χ2n) is 13.6. The normalized spacial score (nSPS) is 13.7. The summed E-state index contributed by atoms with van der Waals surface area (Å²) in [5.41, 5.74) is 0. The van der Waals surface area contributed by atoms with Gasteiger partial charge < -0.3 is 14.6 Å². The molecule has 1 unspecified atom stereocenters. The van der Waals surface area contributed by atoms with E-state index in [2.05, 4.69) is 148 Å². The number of aliphatic hydroxyl groups is 1. The fraction of sp³-hybridized carbons (Fsp3) is 0.549. The molecule has 0 saturated carbocycles. The van der Waals surface area contributed by atoms with Gasteiger partial charge in [0.25, 0.3) is 0 Å². The first-order valence-electron chi connectivity index (χ1n) is 21.8. The van der Waals surface area contributed by atoms with Gasteiger partial charge in [-0.3, -0.25) is 4.79 Å². The zero-order valence-electron chi connectivity index (χ0n) is 35.1. The average Bonchev–Trinajstić information content (AvgIpc) is 3.19. The highest BCUT2D eigenvalue weighted by atomic mass is 16.6. The van der Waals surface area contributed by atoms with E-state index in [0.29, 0.717) is 13.0 Å². The number of allylic oxidation sites excluding steroid dienone is 22. The van der Waals surface area contributed by atoms with Crippen LogP contribution in [-0.4, -0.2) is 37.0 Å². The Hall–Kier alpha value is -3.47. The lowest BCUT2D eigenvalue weighted by atomic mass is 10.1. The van der Waals surface area contributed by atoms with Crippen LogP contribution in [-0.2, 0) is 14.3 Å². The van der Waals surface area contributed by atoms with Crippen LogP contribution in [0.4, 0.5) is 0 Å². The van der Waals surface area contributed by atoms with E-state index in [9.17, 15) is 9.90 Å². The van der Waals surface area contributed by atoms with Gasteiger partial charge in [-0.15, -0.1) is 0 Å². The highest BCUT2D eigenvalue weighted by Gasteiger charge is 2.13. The van der Waals surface area contributed by atoms with E-state index in [1.807, 2.05) is 0 Å². The molecule has 0 radical (unpaired) electrons. The summed E-state index contributed by atoms with van der Waals surface area (Å²) in [4.78, 5) is 12.2. The Kier molecular flexibility index (Phi) is 43.7. The molecule has 4 nitrogen and oxygen atoms in total. The summed E-state index contributed by atoms with van der Waals surface area (Å²) in [6.45, 7) is 5.01. The van der Waals surface area contributed by atoms with E-state index in [-0.39, 0.29) is 19.2 Å². The molecule has 0 rings (SSSR count). The fourth-order valence-electron chi connectivity index (χ4n) is 5.30. The lowest BCUT2D eigenvalue weighted by Gasteiger charge is -2.15. The zero-order chi connectivity index (χ0) is 39.8. The van der Waals surface area contributed by atoms with Crippen molar-refractivity contribution in [2.24, 2.45) is 0 Å². The Balaban J connectivity index is 3.62. The summed E-state index contributed by atoms with van der Waals surface area (Å²) >= 11 is 0. The number of esters is 1. The minimum atomic E-state index is -0.574. The Morgan fingerprint density at radius 1 is 0.436 bits per heavy atom. The number of unbranched alkanes of at least 4 members (excludes halogenated alkanes) is 8. The van der Waals surface area contributed by atoms with E-state index in [1.165, 1.54) is 19.3 Å². The van der Waals surface area contributed by atoms with Crippen molar-refractivity contribution < 1.29 is 19.4 Å². The molecule has 0 aromatic rings. The highest BCUT2D eigenvalue weighted by molar-refractivity contribution is 5.69. The molecule has 0 fully saturated rings. The zero-order valence-corrected chi connectivity index (χ0v) is 35.1. The van der Waals surface area contributed by atoms with Gasteiger partial charge in [0.2, 0.25) is 0 Å². The lowest BCUT2D eigenvalue weighted by Crippen LogP contribution is -2.27. The van der Waals surface area contributed by atoms with Crippen LogP contribution in [0.3, 0.4) is 0 Å². The first-order chi connectivity index (χ1) is 27.2. The predicted octanol–water partition coefficient (Wildman–Crippen LogP) is 14.6. The van der Waals surface area contributed by atoms with Gasteiger partial charge >= 0.3 is 5.97 Å². The number of hydrogen-bond acceptors (Lipinski definition) is 4. The van der Waals surface area contributed by atoms with Gasteiger partial charge in [-0.05, 0) is 109 Å². The van der Waals surface area contributed by atoms with Gasteiger partial charge in [0.15, 0.2) is 0 Å². The van der Waals surface area contributed by atoms with Crippen LogP contribution in [0.15, 0.2) is 134 Å². The standard InChI is InChI=1S/C51H80O4/c1-3-5-7-9-11-13-15-17-19-21-23-24-25-26-27-29-31-33-35-37-39-41-43-45-47-54-49-50(48-52)55-51(53)46-44-42-40-38-36-34-32-30-28-22-20-18-16-14-12-10-8-6-4-2/h5-8,11-14,17-20,23-24,26-28,30-31,33-34,36,50,52H,3-4,9-10,15-16,21-22,25,29,32,35,37-49H2,1-2H3/b7-5-,8-6-,13-11-,14-12-,19-17-,20-18-,24-23-,27-26-,30-28-,33-31-,36-34-. The van der Waals surface area contributed by atoms with Crippen molar-refractivity contribution in [2.75, 3.05) is 19.8 Å². The van der Waals surface area contributed by atoms with Crippen LogP contribution in [0, 0.1) is 0 Å². The van der Waals surface area contributed by atoms with E-state index in [1.54, 1.807) is 0 Å². The second-order valence-corrected chi connectivity index (χ2v) is 13.6. The maximum atomic E-state index is 12.2. The molecule has 0 spiro atoms. The van der Waals surface area contributed by atoms with Crippen molar-refractivity contribution in [3.05, 3.63) is 134 Å². The molecule has 0 aliphatic carbocycles. The topological polar surface area (TPSA) is 55.8 Å². The van der Waals surface area contributed by atoms with Crippen molar-refractivity contribution in [2.45, 2.75) is 161 Å². The Labute approximate surface area is 339 Å². The maximum absolute atomic E-state index is 12.2. The van der Waals surface area contributed by atoms with Crippen LogP contribution < -0.4 is 0 Å². The number of rotatable bonds is 38. The molecule has 0 bridgehead atoms. The van der Waals surface area contributed by atoms with Crippen molar-refractivity contribution in [1.29, 1.82) is 0 Å². The summed E-state index contributed by atoms with van der Waals surface area (Å²) in [5, 5.41) is 9.61. The summed E-state index contributed by atoms with van der Waals surface area (Å²) in [6, 6.07) is 0. The van der Waals surface area contributed by atoms with Crippen LogP contribution in [0.5, 0.6) is 0 Å².